The molecule has 0 fully saturated rings. The highest BCUT2D eigenvalue weighted by Gasteiger charge is 2.28. The second-order valence-electron chi connectivity index (χ2n) is 5.04. The standard InChI is InChI=1S/C16H13Cl3N6/c17-16(18,19)14-23-13(11-4-2-1-3-5-11)24-15(25-14)22-7-6-12-10-20-8-9-21-12/h1-5,8-10H,6-7H2,(H,22,23,24,25). The largest absolute Gasteiger partial charge is 0.354 e. The highest BCUT2D eigenvalue weighted by molar-refractivity contribution is 6.66. The van der Waals surface area contributed by atoms with Crippen molar-refractivity contribution in [3.8, 4) is 11.4 Å². The fourth-order valence-electron chi connectivity index (χ4n) is 2.06. The van der Waals surface area contributed by atoms with E-state index in [1.807, 2.05) is 30.3 Å². The van der Waals surface area contributed by atoms with Crippen molar-refractivity contribution < 1.29 is 0 Å². The zero-order valence-electron chi connectivity index (χ0n) is 12.9. The summed E-state index contributed by atoms with van der Waals surface area (Å²) in [4.78, 5) is 21.1. The second kappa shape index (κ2) is 7.91. The molecule has 3 rings (SSSR count). The van der Waals surface area contributed by atoms with Crippen LogP contribution in [0.15, 0.2) is 48.9 Å². The summed E-state index contributed by atoms with van der Waals surface area (Å²) in [6.07, 6.45) is 5.63. The lowest BCUT2D eigenvalue weighted by atomic mass is 10.2. The van der Waals surface area contributed by atoms with E-state index in [-0.39, 0.29) is 5.82 Å². The summed E-state index contributed by atoms with van der Waals surface area (Å²) in [7, 11) is 0. The molecule has 2 aromatic heterocycles. The Bertz CT molecular complexity index is 824. The molecule has 1 aromatic carbocycles. The molecule has 3 aromatic rings. The predicted molar refractivity (Wildman–Crippen MR) is 98.7 cm³/mol. The smallest absolute Gasteiger partial charge is 0.250 e. The monoisotopic (exact) mass is 394 g/mol. The quantitative estimate of drug-likeness (QED) is 0.662. The molecule has 0 atom stereocenters. The first-order chi connectivity index (χ1) is 12.0. The molecule has 25 heavy (non-hydrogen) atoms. The minimum absolute atomic E-state index is 0.0633. The average molecular weight is 396 g/mol. The van der Waals surface area contributed by atoms with Crippen molar-refractivity contribution in [3.05, 3.63) is 60.4 Å². The Morgan fingerprint density at radius 1 is 0.960 bits per heavy atom. The zero-order chi connectivity index (χ0) is 17.7. The van der Waals surface area contributed by atoms with E-state index in [9.17, 15) is 0 Å². The van der Waals surface area contributed by atoms with E-state index in [1.165, 1.54) is 0 Å². The summed E-state index contributed by atoms with van der Waals surface area (Å²) in [5.41, 5.74) is 1.66. The second-order valence-corrected chi connectivity index (χ2v) is 7.32. The zero-order valence-corrected chi connectivity index (χ0v) is 15.2. The molecule has 1 N–H and O–H groups in total. The number of alkyl halides is 3. The fourth-order valence-corrected chi connectivity index (χ4v) is 2.31. The Kier molecular flexibility index (Phi) is 5.63. The summed E-state index contributed by atoms with van der Waals surface area (Å²) in [6, 6.07) is 9.42. The Balaban J connectivity index is 1.82. The molecule has 0 amide bonds. The average Bonchev–Trinajstić information content (AvgIpc) is 2.62. The van der Waals surface area contributed by atoms with Crippen LogP contribution >= 0.6 is 34.8 Å². The molecule has 0 aliphatic heterocycles. The SMILES string of the molecule is ClC(Cl)(Cl)c1nc(NCCc2cnccn2)nc(-c2ccccc2)n1. The molecule has 0 bridgehead atoms. The van der Waals surface area contributed by atoms with Gasteiger partial charge in [0.15, 0.2) is 11.6 Å². The van der Waals surface area contributed by atoms with E-state index in [4.69, 9.17) is 34.8 Å². The topological polar surface area (TPSA) is 76.5 Å². The number of halogens is 3. The first-order valence-corrected chi connectivity index (χ1v) is 8.53. The van der Waals surface area contributed by atoms with Crippen molar-refractivity contribution in [2.75, 3.05) is 11.9 Å². The molecule has 9 heteroatoms. The molecule has 0 radical (unpaired) electrons. The number of aromatic nitrogens is 5. The van der Waals surface area contributed by atoms with Crippen LogP contribution in [0.5, 0.6) is 0 Å². The van der Waals surface area contributed by atoms with Crippen LogP contribution < -0.4 is 5.32 Å². The third-order valence-corrected chi connectivity index (χ3v) is 3.71. The summed E-state index contributed by atoms with van der Waals surface area (Å²) in [5.74, 6) is 0.825. The van der Waals surface area contributed by atoms with Gasteiger partial charge in [-0.15, -0.1) is 0 Å². The first-order valence-electron chi connectivity index (χ1n) is 7.40. The van der Waals surface area contributed by atoms with Crippen molar-refractivity contribution in [2.24, 2.45) is 0 Å². The van der Waals surface area contributed by atoms with E-state index in [1.54, 1.807) is 18.6 Å². The van der Waals surface area contributed by atoms with Crippen molar-refractivity contribution in [1.82, 2.24) is 24.9 Å². The number of rotatable bonds is 5. The van der Waals surface area contributed by atoms with Crippen LogP contribution in [0.4, 0.5) is 5.95 Å². The Hall–Kier alpha value is -2.02. The molecular weight excluding hydrogens is 383 g/mol. The van der Waals surface area contributed by atoms with E-state index in [0.29, 0.717) is 24.7 Å². The summed E-state index contributed by atoms with van der Waals surface area (Å²) in [5, 5.41) is 3.11. The maximum absolute atomic E-state index is 5.95. The van der Waals surface area contributed by atoms with Gasteiger partial charge >= 0.3 is 0 Å². The summed E-state index contributed by atoms with van der Waals surface area (Å²) < 4.78 is -1.74. The van der Waals surface area contributed by atoms with Crippen molar-refractivity contribution in [3.63, 3.8) is 0 Å². The predicted octanol–water partition coefficient (Wildman–Crippen LogP) is 3.81. The molecule has 6 nitrogen and oxygen atoms in total. The molecule has 0 unspecified atom stereocenters. The molecule has 0 aliphatic carbocycles. The van der Waals surface area contributed by atoms with Gasteiger partial charge in [-0.1, -0.05) is 65.1 Å². The van der Waals surface area contributed by atoms with E-state index in [2.05, 4.69) is 30.2 Å². The molecule has 128 valence electrons. The van der Waals surface area contributed by atoms with Gasteiger partial charge in [0.2, 0.25) is 9.74 Å². The van der Waals surface area contributed by atoms with Gasteiger partial charge in [0.25, 0.3) is 0 Å². The van der Waals surface area contributed by atoms with Crippen LogP contribution in [0.3, 0.4) is 0 Å². The fraction of sp³-hybridized carbons (Fsp3) is 0.188. The maximum Gasteiger partial charge on any atom is 0.250 e. The first kappa shape index (κ1) is 17.8. The number of hydrogen-bond donors (Lipinski definition) is 1. The molecule has 2 heterocycles. The Morgan fingerprint density at radius 2 is 1.76 bits per heavy atom. The van der Waals surface area contributed by atoms with Gasteiger partial charge in [-0.3, -0.25) is 9.97 Å². The summed E-state index contributed by atoms with van der Waals surface area (Å²) >= 11 is 17.9. The van der Waals surface area contributed by atoms with Crippen LogP contribution in [-0.4, -0.2) is 31.5 Å². The normalized spacial score (nSPS) is 11.3. The van der Waals surface area contributed by atoms with Crippen molar-refractivity contribution >= 4 is 40.8 Å². The highest BCUT2D eigenvalue weighted by Crippen LogP contribution is 2.36. The van der Waals surface area contributed by atoms with Crippen molar-refractivity contribution in [2.45, 2.75) is 10.2 Å². The van der Waals surface area contributed by atoms with E-state index >= 15 is 0 Å². The van der Waals surface area contributed by atoms with Gasteiger partial charge in [-0.2, -0.15) is 9.97 Å². The number of anilines is 1. The number of nitrogens with zero attached hydrogens (tertiary/aromatic N) is 5. The lowest BCUT2D eigenvalue weighted by Crippen LogP contribution is -2.15. The number of nitrogens with one attached hydrogen (secondary N) is 1. The third kappa shape index (κ3) is 4.98. The summed E-state index contributed by atoms with van der Waals surface area (Å²) in [6.45, 7) is 0.552. The lowest BCUT2D eigenvalue weighted by molar-refractivity contribution is 0.889. The van der Waals surface area contributed by atoms with Crippen LogP contribution in [0, 0.1) is 0 Å². The van der Waals surface area contributed by atoms with Gasteiger partial charge < -0.3 is 5.32 Å². The highest BCUT2D eigenvalue weighted by atomic mass is 35.6. The molecular formula is C16H13Cl3N6. The minimum Gasteiger partial charge on any atom is -0.354 e. The Labute approximate surface area is 159 Å². The number of hydrogen-bond acceptors (Lipinski definition) is 6. The van der Waals surface area contributed by atoms with Gasteiger partial charge in [-0.05, 0) is 0 Å². The molecule has 0 saturated carbocycles. The van der Waals surface area contributed by atoms with Crippen LogP contribution in [0.2, 0.25) is 0 Å². The maximum atomic E-state index is 5.95. The van der Waals surface area contributed by atoms with Gasteiger partial charge in [0.05, 0.1) is 5.69 Å². The van der Waals surface area contributed by atoms with Gasteiger partial charge in [0.1, 0.15) is 0 Å². The third-order valence-electron chi connectivity index (χ3n) is 3.20. The van der Waals surface area contributed by atoms with E-state index in [0.717, 1.165) is 11.3 Å². The van der Waals surface area contributed by atoms with Crippen LogP contribution in [0.25, 0.3) is 11.4 Å². The number of benzene rings is 1. The molecule has 0 spiro atoms. The van der Waals surface area contributed by atoms with Crippen LogP contribution in [0.1, 0.15) is 11.5 Å². The van der Waals surface area contributed by atoms with Gasteiger partial charge in [-0.25, -0.2) is 4.98 Å². The van der Waals surface area contributed by atoms with Crippen molar-refractivity contribution in [1.29, 1.82) is 0 Å². The minimum atomic E-state index is -1.74. The lowest BCUT2D eigenvalue weighted by Gasteiger charge is -2.13. The Morgan fingerprint density at radius 3 is 2.44 bits per heavy atom. The van der Waals surface area contributed by atoms with Crippen LogP contribution in [-0.2, 0) is 10.2 Å². The molecule has 0 aliphatic rings. The van der Waals surface area contributed by atoms with Gasteiger partial charge in [0, 0.05) is 37.1 Å². The van der Waals surface area contributed by atoms with E-state index < -0.39 is 3.79 Å². The molecule has 0 saturated heterocycles.